The summed E-state index contributed by atoms with van der Waals surface area (Å²) in [5.41, 5.74) is 1.23. The number of aryl methyl sites for hydroxylation is 1. The first-order chi connectivity index (χ1) is 15.7. The Labute approximate surface area is 196 Å². The number of rotatable bonds is 7. The van der Waals surface area contributed by atoms with E-state index in [1.807, 2.05) is 0 Å². The number of hydrogen-bond donors (Lipinski definition) is 2. The summed E-state index contributed by atoms with van der Waals surface area (Å²) in [7, 11) is -7.46. The molecule has 1 aliphatic heterocycles. The lowest BCUT2D eigenvalue weighted by Crippen LogP contribution is -2.28. The van der Waals surface area contributed by atoms with Crippen LogP contribution < -0.4 is 10.0 Å². The summed E-state index contributed by atoms with van der Waals surface area (Å²) in [6.07, 6.45) is 3.14. The second-order valence-corrected chi connectivity index (χ2v) is 12.0. The molecule has 2 N–H and O–H groups in total. The minimum absolute atomic E-state index is 0.0191. The number of anilines is 2. The quantitative estimate of drug-likeness (QED) is 0.507. The van der Waals surface area contributed by atoms with Gasteiger partial charge in [0.25, 0.3) is 15.9 Å². The van der Waals surface area contributed by atoms with E-state index in [1.54, 1.807) is 18.4 Å². The molecule has 174 valence electrons. The van der Waals surface area contributed by atoms with Crippen molar-refractivity contribution in [3.05, 3.63) is 65.2 Å². The maximum atomic E-state index is 12.9. The number of nitrogens with one attached hydrogen (secondary N) is 2. The molecule has 0 atom stereocenters. The smallest absolute Gasteiger partial charge is 0.263 e. The van der Waals surface area contributed by atoms with Gasteiger partial charge in [-0.25, -0.2) is 21.8 Å². The van der Waals surface area contributed by atoms with Crippen molar-refractivity contribution in [2.24, 2.45) is 0 Å². The van der Waals surface area contributed by atoms with E-state index in [2.05, 4.69) is 15.0 Å². The van der Waals surface area contributed by atoms with Gasteiger partial charge in [-0.05, 0) is 61.7 Å². The predicted molar refractivity (Wildman–Crippen MR) is 126 cm³/mol. The van der Waals surface area contributed by atoms with Gasteiger partial charge in [0.05, 0.1) is 9.79 Å². The van der Waals surface area contributed by atoms with Crippen LogP contribution >= 0.6 is 11.3 Å². The van der Waals surface area contributed by atoms with Crippen molar-refractivity contribution in [3.63, 3.8) is 0 Å². The van der Waals surface area contributed by atoms with Crippen molar-refractivity contribution in [3.8, 4) is 0 Å². The van der Waals surface area contributed by atoms with Crippen LogP contribution in [0.3, 0.4) is 0 Å². The molecule has 1 saturated heterocycles. The number of aromatic nitrogens is 1. The van der Waals surface area contributed by atoms with Gasteiger partial charge in [-0.1, -0.05) is 6.07 Å². The second-order valence-electron chi connectivity index (χ2n) is 7.51. The van der Waals surface area contributed by atoms with Crippen molar-refractivity contribution in [2.75, 3.05) is 23.1 Å². The zero-order chi connectivity index (χ0) is 23.6. The van der Waals surface area contributed by atoms with Crippen LogP contribution in [0.25, 0.3) is 0 Å². The molecule has 2 heterocycles. The predicted octanol–water partition coefficient (Wildman–Crippen LogP) is 3.29. The highest BCUT2D eigenvalue weighted by molar-refractivity contribution is 7.93. The second kappa shape index (κ2) is 9.21. The number of carbonyl (C=O) groups excluding carboxylic acids is 1. The molecule has 9 nitrogen and oxygen atoms in total. The molecule has 1 aromatic heterocycles. The Hall–Kier alpha value is -2.80. The van der Waals surface area contributed by atoms with Gasteiger partial charge in [0, 0.05) is 35.9 Å². The molecular weight excluding hydrogens is 484 g/mol. The highest BCUT2D eigenvalue weighted by atomic mass is 32.2. The maximum absolute atomic E-state index is 12.9. The fraction of sp³-hybridized carbons (Fsp3) is 0.238. The number of hydrogen-bond acceptors (Lipinski definition) is 7. The van der Waals surface area contributed by atoms with E-state index >= 15 is 0 Å². The molecule has 12 heteroatoms. The van der Waals surface area contributed by atoms with Crippen LogP contribution in [0.5, 0.6) is 0 Å². The molecule has 0 unspecified atom stereocenters. The normalized spacial score (nSPS) is 14.8. The van der Waals surface area contributed by atoms with Crippen LogP contribution in [0.4, 0.5) is 10.8 Å². The Morgan fingerprint density at radius 3 is 2.30 bits per heavy atom. The van der Waals surface area contributed by atoms with E-state index in [0.717, 1.165) is 24.2 Å². The van der Waals surface area contributed by atoms with Gasteiger partial charge < -0.3 is 5.32 Å². The summed E-state index contributed by atoms with van der Waals surface area (Å²) in [4.78, 5) is 16.9. The third kappa shape index (κ3) is 5.08. The van der Waals surface area contributed by atoms with Crippen molar-refractivity contribution in [1.82, 2.24) is 9.29 Å². The SMILES string of the molecule is Cc1ccc(S(=O)(=O)N2CCCC2)cc1C(=O)Nc1ccc(S(=O)(=O)Nc2nccs2)cc1. The molecule has 3 aromatic rings. The minimum Gasteiger partial charge on any atom is -0.322 e. The molecule has 33 heavy (non-hydrogen) atoms. The number of amides is 1. The van der Waals surface area contributed by atoms with Gasteiger partial charge in [0.1, 0.15) is 0 Å². The average Bonchev–Trinajstić information content (AvgIpc) is 3.48. The largest absolute Gasteiger partial charge is 0.322 e. The first-order valence-electron chi connectivity index (χ1n) is 10.1. The van der Waals surface area contributed by atoms with Crippen LogP contribution in [0.15, 0.2) is 63.8 Å². The molecule has 0 aliphatic carbocycles. The van der Waals surface area contributed by atoms with Gasteiger partial charge in [-0.15, -0.1) is 11.3 Å². The van der Waals surface area contributed by atoms with Gasteiger partial charge in [-0.2, -0.15) is 4.31 Å². The first kappa shape index (κ1) is 23.4. The third-order valence-electron chi connectivity index (χ3n) is 5.23. The highest BCUT2D eigenvalue weighted by Crippen LogP contribution is 2.24. The molecule has 1 aliphatic rings. The Kier molecular flexibility index (Phi) is 6.52. The first-order valence-corrected chi connectivity index (χ1v) is 13.9. The Balaban J connectivity index is 1.51. The summed E-state index contributed by atoms with van der Waals surface area (Å²) in [6, 6.07) is 10.2. The summed E-state index contributed by atoms with van der Waals surface area (Å²) < 4.78 is 54.4. The molecular formula is C21H22N4O5S3. The Morgan fingerprint density at radius 2 is 1.67 bits per heavy atom. The fourth-order valence-electron chi connectivity index (χ4n) is 3.45. The number of benzene rings is 2. The van der Waals surface area contributed by atoms with E-state index in [9.17, 15) is 21.6 Å². The fourth-order valence-corrected chi connectivity index (χ4v) is 6.78. The van der Waals surface area contributed by atoms with Gasteiger partial charge in [0.15, 0.2) is 5.13 Å². The topological polar surface area (TPSA) is 126 Å². The molecule has 1 amide bonds. The van der Waals surface area contributed by atoms with Crippen LogP contribution in [0.2, 0.25) is 0 Å². The Morgan fingerprint density at radius 1 is 1.00 bits per heavy atom. The van der Waals surface area contributed by atoms with Crippen LogP contribution in [-0.2, 0) is 20.0 Å². The summed E-state index contributed by atoms with van der Waals surface area (Å²) >= 11 is 1.16. The lowest BCUT2D eigenvalue weighted by atomic mass is 10.1. The number of thiazole rings is 1. The molecule has 0 saturated carbocycles. The van der Waals surface area contributed by atoms with Crippen molar-refractivity contribution in [1.29, 1.82) is 0 Å². The highest BCUT2D eigenvalue weighted by Gasteiger charge is 2.28. The number of carbonyl (C=O) groups is 1. The summed E-state index contributed by atoms with van der Waals surface area (Å²) in [5.74, 6) is -0.484. The van der Waals surface area contributed by atoms with Crippen LogP contribution in [-0.4, -0.2) is 45.1 Å². The zero-order valence-corrected chi connectivity index (χ0v) is 20.1. The summed E-state index contributed by atoms with van der Waals surface area (Å²) in [6.45, 7) is 2.68. The maximum Gasteiger partial charge on any atom is 0.263 e. The Bertz CT molecular complexity index is 1360. The number of nitrogens with zero attached hydrogens (tertiary/aromatic N) is 2. The molecule has 0 spiro atoms. The van der Waals surface area contributed by atoms with E-state index in [-0.39, 0.29) is 20.5 Å². The lowest BCUT2D eigenvalue weighted by molar-refractivity contribution is 0.102. The molecule has 0 bridgehead atoms. The van der Waals surface area contributed by atoms with Gasteiger partial charge in [-0.3, -0.25) is 9.52 Å². The van der Waals surface area contributed by atoms with Crippen molar-refractivity contribution >= 4 is 48.1 Å². The monoisotopic (exact) mass is 506 g/mol. The average molecular weight is 507 g/mol. The minimum atomic E-state index is -3.80. The third-order valence-corrected chi connectivity index (χ3v) is 9.30. The standard InChI is InChI=1S/C21H22N4O5S3/c1-15-4-7-18(33(29,30)25-11-2-3-12-25)14-19(15)20(26)23-16-5-8-17(9-6-16)32(27,28)24-21-22-10-13-31-21/h4-10,13-14H,2-3,11-12H2,1H3,(H,22,24)(H,23,26). The molecule has 0 radical (unpaired) electrons. The van der Waals surface area contributed by atoms with Gasteiger partial charge in [0.2, 0.25) is 10.0 Å². The van der Waals surface area contributed by atoms with Crippen LogP contribution in [0, 0.1) is 6.92 Å². The van der Waals surface area contributed by atoms with E-state index in [0.29, 0.717) is 24.3 Å². The lowest BCUT2D eigenvalue weighted by Gasteiger charge is -2.17. The van der Waals surface area contributed by atoms with Crippen LogP contribution in [0.1, 0.15) is 28.8 Å². The molecule has 2 aromatic carbocycles. The van der Waals surface area contributed by atoms with E-state index in [1.165, 1.54) is 46.9 Å². The summed E-state index contributed by atoms with van der Waals surface area (Å²) in [5, 5.41) is 4.61. The number of sulfonamides is 2. The van der Waals surface area contributed by atoms with E-state index in [4.69, 9.17) is 0 Å². The van der Waals surface area contributed by atoms with E-state index < -0.39 is 26.0 Å². The van der Waals surface area contributed by atoms with Crippen molar-refractivity contribution in [2.45, 2.75) is 29.6 Å². The zero-order valence-electron chi connectivity index (χ0n) is 17.7. The van der Waals surface area contributed by atoms with Crippen molar-refractivity contribution < 1.29 is 21.6 Å². The molecule has 4 rings (SSSR count). The van der Waals surface area contributed by atoms with Gasteiger partial charge >= 0.3 is 0 Å². The molecule has 1 fully saturated rings.